The zero-order chi connectivity index (χ0) is 12.9. The second-order valence-corrected chi connectivity index (χ2v) is 6.16. The van der Waals surface area contributed by atoms with Crippen molar-refractivity contribution in [1.29, 1.82) is 0 Å². The van der Waals surface area contributed by atoms with Gasteiger partial charge in [-0.15, -0.1) is 0 Å². The molecule has 0 aliphatic heterocycles. The maximum atomic E-state index is 11.5. The van der Waals surface area contributed by atoms with Gasteiger partial charge in [-0.2, -0.15) is 0 Å². The number of hydrogen-bond donors (Lipinski definition) is 1. The number of hydrogen-bond acceptors (Lipinski definition) is 2. The molecule has 1 N–H and O–H groups in total. The quantitative estimate of drug-likeness (QED) is 0.549. The smallest absolute Gasteiger partial charge is 0.303 e. The van der Waals surface area contributed by atoms with Crippen LogP contribution in [-0.4, -0.2) is 26.8 Å². The highest BCUT2D eigenvalue weighted by atomic mass is 32.2. The maximum absolute atomic E-state index is 11.5. The molecule has 0 bridgehead atoms. The number of carboxylic acid groups (broad SMARTS) is 1. The molecule has 0 unspecified atom stereocenters. The van der Waals surface area contributed by atoms with Crippen LogP contribution < -0.4 is 0 Å². The molecule has 4 heteroatoms. The molecule has 0 aromatic heterocycles. The summed E-state index contributed by atoms with van der Waals surface area (Å²) >= 11 is 0. The van der Waals surface area contributed by atoms with Gasteiger partial charge in [0.1, 0.15) is 0 Å². The Kier molecular flexibility index (Phi) is 11.8. The third-order valence-electron chi connectivity index (χ3n) is 2.74. The Morgan fingerprint density at radius 2 is 1.47 bits per heavy atom. The summed E-state index contributed by atoms with van der Waals surface area (Å²) in [4.78, 5) is 10.3. The fraction of sp³-hybridized carbons (Fsp3) is 0.923. The molecule has 0 saturated carbocycles. The molecule has 17 heavy (non-hydrogen) atoms. The lowest BCUT2D eigenvalue weighted by atomic mass is 10.1. The molecule has 0 aromatic carbocycles. The van der Waals surface area contributed by atoms with E-state index in [-0.39, 0.29) is 6.42 Å². The van der Waals surface area contributed by atoms with Crippen molar-refractivity contribution < 1.29 is 14.1 Å². The first kappa shape index (κ1) is 16.6. The van der Waals surface area contributed by atoms with Crippen LogP contribution >= 0.6 is 0 Å². The van der Waals surface area contributed by atoms with Gasteiger partial charge in [0.05, 0.1) is 0 Å². The van der Waals surface area contributed by atoms with E-state index in [2.05, 4.69) is 6.92 Å². The first-order chi connectivity index (χ1) is 8.16. The van der Waals surface area contributed by atoms with E-state index >= 15 is 0 Å². The van der Waals surface area contributed by atoms with Crippen LogP contribution in [0.1, 0.15) is 64.7 Å². The molecule has 0 aromatic rings. The molecule has 0 heterocycles. The summed E-state index contributed by atoms with van der Waals surface area (Å²) in [6, 6.07) is 0. The molecular weight excluding hydrogens is 236 g/mol. The highest BCUT2D eigenvalue weighted by molar-refractivity contribution is 7.84. The van der Waals surface area contributed by atoms with Gasteiger partial charge in [0.15, 0.2) is 0 Å². The largest absolute Gasteiger partial charge is 0.481 e. The monoisotopic (exact) mass is 262 g/mol. The molecule has 0 radical (unpaired) electrons. The maximum Gasteiger partial charge on any atom is 0.303 e. The predicted octanol–water partition coefficient (Wildman–Crippen LogP) is 3.35. The lowest BCUT2D eigenvalue weighted by Gasteiger charge is -2.02. The standard InChI is InChI=1S/C13H26O3S/c1-2-3-4-5-6-8-11-17(16)12-9-7-10-13(14)15/h2-12H2,1H3,(H,14,15)/t17-/m1/s1. The van der Waals surface area contributed by atoms with Gasteiger partial charge in [-0.05, 0) is 19.3 Å². The van der Waals surface area contributed by atoms with Gasteiger partial charge < -0.3 is 5.11 Å². The minimum absolute atomic E-state index is 0.203. The second-order valence-electron chi connectivity index (χ2n) is 4.47. The average Bonchev–Trinajstić information content (AvgIpc) is 2.29. The minimum Gasteiger partial charge on any atom is -0.481 e. The normalized spacial score (nSPS) is 12.5. The summed E-state index contributed by atoms with van der Waals surface area (Å²) < 4.78 is 11.5. The second kappa shape index (κ2) is 12.1. The van der Waals surface area contributed by atoms with E-state index < -0.39 is 16.8 Å². The zero-order valence-electron chi connectivity index (χ0n) is 11.0. The molecule has 102 valence electrons. The fourth-order valence-electron chi connectivity index (χ4n) is 1.68. The SMILES string of the molecule is CCCCCCCC[S@@](=O)CCCCC(=O)O. The summed E-state index contributed by atoms with van der Waals surface area (Å²) in [5.74, 6) is 0.702. The summed E-state index contributed by atoms with van der Waals surface area (Å²) in [7, 11) is -0.735. The van der Waals surface area contributed by atoms with Gasteiger partial charge >= 0.3 is 5.97 Å². The van der Waals surface area contributed by atoms with Crippen LogP contribution in [0, 0.1) is 0 Å². The van der Waals surface area contributed by atoms with Crippen LogP contribution in [0.5, 0.6) is 0 Å². The minimum atomic E-state index is -0.758. The van der Waals surface area contributed by atoms with Gasteiger partial charge in [0.25, 0.3) is 0 Å². The lowest BCUT2D eigenvalue weighted by molar-refractivity contribution is -0.137. The van der Waals surface area contributed by atoms with Crippen molar-refractivity contribution in [2.24, 2.45) is 0 Å². The van der Waals surface area contributed by atoms with Gasteiger partial charge in [0, 0.05) is 28.7 Å². The van der Waals surface area contributed by atoms with Crippen LogP contribution in [0.3, 0.4) is 0 Å². The van der Waals surface area contributed by atoms with Crippen LogP contribution in [0.2, 0.25) is 0 Å². The van der Waals surface area contributed by atoms with E-state index in [0.717, 1.165) is 18.6 Å². The predicted molar refractivity (Wildman–Crippen MR) is 72.7 cm³/mol. The first-order valence-electron chi connectivity index (χ1n) is 6.73. The summed E-state index contributed by atoms with van der Waals surface area (Å²) in [5.41, 5.74) is 0. The first-order valence-corrected chi connectivity index (χ1v) is 8.22. The van der Waals surface area contributed by atoms with Crippen molar-refractivity contribution >= 4 is 16.8 Å². The Balaban J connectivity index is 3.20. The highest BCUT2D eigenvalue weighted by Gasteiger charge is 2.01. The number of rotatable bonds is 12. The van der Waals surface area contributed by atoms with Crippen molar-refractivity contribution in [2.75, 3.05) is 11.5 Å². The molecule has 1 atom stereocenters. The van der Waals surface area contributed by atoms with E-state index in [1.807, 2.05) is 0 Å². The summed E-state index contributed by atoms with van der Waals surface area (Å²) in [6.45, 7) is 2.20. The number of aliphatic carboxylic acids is 1. The molecule has 0 fully saturated rings. The van der Waals surface area contributed by atoms with Crippen LogP contribution in [0.4, 0.5) is 0 Å². The zero-order valence-corrected chi connectivity index (χ0v) is 11.8. The number of carbonyl (C=O) groups is 1. The Bertz CT molecular complexity index is 217. The average molecular weight is 262 g/mol. The van der Waals surface area contributed by atoms with Crippen LogP contribution in [-0.2, 0) is 15.6 Å². The lowest BCUT2D eigenvalue weighted by Crippen LogP contribution is -2.04. The molecule has 0 spiro atoms. The topological polar surface area (TPSA) is 54.4 Å². The summed E-state index contributed by atoms with van der Waals surface area (Å²) in [5, 5.41) is 8.45. The van der Waals surface area contributed by atoms with Crippen molar-refractivity contribution in [2.45, 2.75) is 64.7 Å². The molecule has 0 aliphatic rings. The molecular formula is C13H26O3S. The van der Waals surface area contributed by atoms with E-state index in [9.17, 15) is 9.00 Å². The van der Waals surface area contributed by atoms with E-state index in [0.29, 0.717) is 12.2 Å². The van der Waals surface area contributed by atoms with Gasteiger partial charge in [-0.25, -0.2) is 0 Å². The van der Waals surface area contributed by atoms with Gasteiger partial charge in [-0.3, -0.25) is 9.00 Å². The van der Waals surface area contributed by atoms with Crippen LogP contribution in [0.15, 0.2) is 0 Å². The Labute approximate surface area is 107 Å². The molecule has 0 saturated heterocycles. The van der Waals surface area contributed by atoms with Crippen molar-refractivity contribution in [1.82, 2.24) is 0 Å². The van der Waals surface area contributed by atoms with Crippen molar-refractivity contribution in [3.05, 3.63) is 0 Å². The fourth-order valence-corrected chi connectivity index (χ4v) is 2.94. The van der Waals surface area contributed by atoms with Crippen LogP contribution in [0.25, 0.3) is 0 Å². The highest BCUT2D eigenvalue weighted by Crippen LogP contribution is 2.06. The molecule has 0 amide bonds. The number of unbranched alkanes of at least 4 members (excludes halogenated alkanes) is 6. The Hall–Kier alpha value is -0.380. The third kappa shape index (κ3) is 13.6. The number of carboxylic acids is 1. The van der Waals surface area contributed by atoms with Crippen molar-refractivity contribution in [3.8, 4) is 0 Å². The summed E-state index contributed by atoms with van der Waals surface area (Å²) in [6.07, 6.45) is 8.97. The van der Waals surface area contributed by atoms with E-state index in [4.69, 9.17) is 5.11 Å². The van der Waals surface area contributed by atoms with Gasteiger partial charge in [-0.1, -0.05) is 39.0 Å². The molecule has 3 nitrogen and oxygen atoms in total. The molecule has 0 rings (SSSR count). The van der Waals surface area contributed by atoms with E-state index in [1.165, 1.54) is 32.1 Å². The van der Waals surface area contributed by atoms with Crippen molar-refractivity contribution in [3.63, 3.8) is 0 Å². The Morgan fingerprint density at radius 1 is 0.941 bits per heavy atom. The Morgan fingerprint density at radius 3 is 2.06 bits per heavy atom. The van der Waals surface area contributed by atoms with E-state index in [1.54, 1.807) is 0 Å². The van der Waals surface area contributed by atoms with Gasteiger partial charge in [0.2, 0.25) is 0 Å². The third-order valence-corrected chi connectivity index (χ3v) is 4.23. The molecule has 0 aliphatic carbocycles.